The zero-order valence-electron chi connectivity index (χ0n) is 14.4. The van der Waals surface area contributed by atoms with Gasteiger partial charge in [0.25, 0.3) is 0 Å². The molecule has 3 rings (SSSR count). The molecule has 2 nitrogen and oxygen atoms in total. The summed E-state index contributed by atoms with van der Waals surface area (Å²) < 4.78 is 6.29. The first-order valence-electron chi connectivity index (χ1n) is 9.36. The quantitative estimate of drug-likeness (QED) is 0.825. The molecule has 3 fully saturated rings. The molecule has 0 amide bonds. The van der Waals surface area contributed by atoms with E-state index in [9.17, 15) is 0 Å². The minimum absolute atomic E-state index is 0.264. The monoisotopic (exact) mass is 293 g/mol. The molecule has 0 radical (unpaired) electrons. The first-order chi connectivity index (χ1) is 9.98. The lowest BCUT2D eigenvalue weighted by Gasteiger charge is -2.50. The summed E-state index contributed by atoms with van der Waals surface area (Å²) in [5.74, 6) is 2.84. The molecule has 0 aromatic carbocycles. The zero-order valence-corrected chi connectivity index (χ0v) is 14.4. The Morgan fingerprint density at radius 2 is 1.81 bits per heavy atom. The van der Waals surface area contributed by atoms with Crippen LogP contribution in [0.2, 0.25) is 0 Å². The standard InChI is InChI=1S/C19H35NO/c1-18(2,3)20-14-16-7-8-17(16)15-9-12-21-19(13-15)10-5-4-6-11-19/h15-17,20H,4-14H2,1-3H3. The number of rotatable bonds is 3. The Balaban J connectivity index is 1.54. The van der Waals surface area contributed by atoms with Gasteiger partial charge in [-0.05, 0) is 83.6 Å². The molecule has 122 valence electrons. The van der Waals surface area contributed by atoms with Gasteiger partial charge < -0.3 is 10.1 Å². The van der Waals surface area contributed by atoms with Gasteiger partial charge in [-0.25, -0.2) is 0 Å². The van der Waals surface area contributed by atoms with E-state index in [1.165, 1.54) is 64.3 Å². The van der Waals surface area contributed by atoms with Gasteiger partial charge in [0.2, 0.25) is 0 Å². The van der Waals surface area contributed by atoms with E-state index in [1.807, 2.05) is 0 Å². The van der Waals surface area contributed by atoms with E-state index in [-0.39, 0.29) is 5.54 Å². The second-order valence-corrected chi connectivity index (χ2v) is 8.98. The van der Waals surface area contributed by atoms with Crippen molar-refractivity contribution in [2.24, 2.45) is 17.8 Å². The van der Waals surface area contributed by atoms with Gasteiger partial charge in [-0.3, -0.25) is 0 Å². The molecule has 1 N–H and O–H groups in total. The van der Waals surface area contributed by atoms with Gasteiger partial charge in [0.05, 0.1) is 5.60 Å². The molecule has 0 aromatic rings. The molecule has 2 heteroatoms. The van der Waals surface area contributed by atoms with Gasteiger partial charge in [-0.1, -0.05) is 19.3 Å². The Morgan fingerprint density at radius 3 is 2.43 bits per heavy atom. The van der Waals surface area contributed by atoms with Crippen LogP contribution in [0.3, 0.4) is 0 Å². The maximum Gasteiger partial charge on any atom is 0.0685 e. The van der Waals surface area contributed by atoms with Crippen molar-refractivity contribution in [3.05, 3.63) is 0 Å². The van der Waals surface area contributed by atoms with Crippen LogP contribution in [0.1, 0.15) is 78.6 Å². The van der Waals surface area contributed by atoms with Crippen LogP contribution >= 0.6 is 0 Å². The summed E-state index contributed by atoms with van der Waals surface area (Å²) in [5, 5.41) is 3.73. The molecule has 0 aromatic heterocycles. The fourth-order valence-corrected chi connectivity index (χ4v) is 4.88. The van der Waals surface area contributed by atoms with Crippen molar-refractivity contribution in [1.29, 1.82) is 0 Å². The first kappa shape index (κ1) is 15.8. The topological polar surface area (TPSA) is 21.3 Å². The maximum absolute atomic E-state index is 6.29. The molecule has 3 aliphatic rings. The van der Waals surface area contributed by atoms with E-state index in [1.54, 1.807) is 0 Å². The third-order valence-electron chi connectivity index (χ3n) is 6.27. The van der Waals surface area contributed by atoms with E-state index < -0.39 is 0 Å². The van der Waals surface area contributed by atoms with E-state index in [4.69, 9.17) is 4.74 Å². The molecule has 1 heterocycles. The Kier molecular flexibility index (Phi) is 4.66. The van der Waals surface area contributed by atoms with Crippen LogP contribution in [0.25, 0.3) is 0 Å². The first-order valence-corrected chi connectivity index (χ1v) is 9.36. The molecular weight excluding hydrogens is 258 g/mol. The molecule has 3 unspecified atom stereocenters. The van der Waals surface area contributed by atoms with Crippen molar-refractivity contribution in [3.8, 4) is 0 Å². The highest BCUT2D eigenvalue weighted by molar-refractivity contribution is 4.96. The van der Waals surface area contributed by atoms with Gasteiger partial charge in [-0.2, -0.15) is 0 Å². The Morgan fingerprint density at radius 1 is 1.05 bits per heavy atom. The number of hydrogen-bond acceptors (Lipinski definition) is 2. The van der Waals surface area contributed by atoms with Gasteiger partial charge in [0, 0.05) is 12.1 Å². The van der Waals surface area contributed by atoms with Crippen LogP contribution in [0.4, 0.5) is 0 Å². The largest absolute Gasteiger partial charge is 0.375 e. The fourth-order valence-electron chi connectivity index (χ4n) is 4.88. The average molecular weight is 293 g/mol. The molecular formula is C19H35NO. The lowest BCUT2D eigenvalue weighted by Crippen LogP contribution is -2.49. The lowest BCUT2D eigenvalue weighted by atomic mass is 9.61. The summed E-state index contributed by atoms with van der Waals surface area (Å²) in [6.45, 7) is 9.10. The van der Waals surface area contributed by atoms with Gasteiger partial charge in [0.15, 0.2) is 0 Å². The second-order valence-electron chi connectivity index (χ2n) is 8.98. The molecule has 1 aliphatic heterocycles. The Labute approximate surface area is 131 Å². The van der Waals surface area contributed by atoms with Crippen LogP contribution in [0.15, 0.2) is 0 Å². The third kappa shape index (κ3) is 3.82. The predicted octanol–water partition coefficient (Wildman–Crippen LogP) is 4.53. The number of ether oxygens (including phenoxy) is 1. The highest BCUT2D eigenvalue weighted by Gasteiger charge is 2.44. The van der Waals surface area contributed by atoms with Crippen molar-refractivity contribution >= 4 is 0 Å². The highest BCUT2D eigenvalue weighted by Crippen LogP contribution is 2.49. The molecule has 21 heavy (non-hydrogen) atoms. The Hall–Kier alpha value is -0.0800. The molecule has 1 spiro atoms. The van der Waals surface area contributed by atoms with Crippen LogP contribution in [-0.2, 0) is 4.74 Å². The SMILES string of the molecule is CC(C)(C)NCC1CCC1C1CCOC2(CCCCC2)C1. The summed E-state index contributed by atoms with van der Waals surface area (Å²) >= 11 is 0. The van der Waals surface area contributed by atoms with E-state index in [2.05, 4.69) is 26.1 Å². The maximum atomic E-state index is 6.29. The normalized spacial score (nSPS) is 36.4. The van der Waals surface area contributed by atoms with Crippen molar-refractivity contribution in [3.63, 3.8) is 0 Å². The molecule has 0 bridgehead atoms. The van der Waals surface area contributed by atoms with Crippen LogP contribution in [0.5, 0.6) is 0 Å². The van der Waals surface area contributed by atoms with Crippen molar-refractivity contribution in [2.45, 2.75) is 89.7 Å². The van der Waals surface area contributed by atoms with Crippen LogP contribution < -0.4 is 5.32 Å². The van der Waals surface area contributed by atoms with Crippen molar-refractivity contribution < 1.29 is 4.74 Å². The van der Waals surface area contributed by atoms with Gasteiger partial charge in [0.1, 0.15) is 0 Å². The predicted molar refractivity (Wildman–Crippen MR) is 88.5 cm³/mol. The number of hydrogen-bond donors (Lipinski definition) is 1. The average Bonchev–Trinajstić information content (AvgIpc) is 2.37. The lowest BCUT2D eigenvalue weighted by molar-refractivity contribution is -0.135. The third-order valence-corrected chi connectivity index (χ3v) is 6.27. The smallest absolute Gasteiger partial charge is 0.0685 e. The fraction of sp³-hybridized carbons (Fsp3) is 1.00. The van der Waals surface area contributed by atoms with Gasteiger partial charge >= 0.3 is 0 Å². The highest BCUT2D eigenvalue weighted by atomic mass is 16.5. The minimum Gasteiger partial charge on any atom is -0.375 e. The van der Waals surface area contributed by atoms with Crippen molar-refractivity contribution in [1.82, 2.24) is 5.32 Å². The Bertz CT molecular complexity index is 334. The van der Waals surface area contributed by atoms with Crippen LogP contribution in [-0.4, -0.2) is 24.3 Å². The molecule has 3 atom stereocenters. The number of nitrogens with one attached hydrogen (secondary N) is 1. The van der Waals surface area contributed by atoms with Gasteiger partial charge in [-0.15, -0.1) is 0 Å². The van der Waals surface area contributed by atoms with Crippen LogP contribution in [0, 0.1) is 17.8 Å². The summed E-state index contributed by atoms with van der Waals surface area (Å²) in [7, 11) is 0. The summed E-state index contributed by atoms with van der Waals surface area (Å²) in [6.07, 6.45) is 12.5. The molecule has 2 aliphatic carbocycles. The molecule has 1 saturated heterocycles. The van der Waals surface area contributed by atoms with Crippen molar-refractivity contribution in [2.75, 3.05) is 13.2 Å². The minimum atomic E-state index is 0.264. The summed E-state index contributed by atoms with van der Waals surface area (Å²) in [4.78, 5) is 0. The zero-order chi connectivity index (χ0) is 14.9. The second kappa shape index (κ2) is 6.20. The van der Waals surface area contributed by atoms with E-state index in [0.29, 0.717) is 5.60 Å². The summed E-state index contributed by atoms with van der Waals surface area (Å²) in [6, 6.07) is 0. The van der Waals surface area contributed by atoms with E-state index >= 15 is 0 Å². The summed E-state index contributed by atoms with van der Waals surface area (Å²) in [5.41, 5.74) is 0.555. The van der Waals surface area contributed by atoms with E-state index in [0.717, 1.165) is 24.4 Å². The molecule has 2 saturated carbocycles.